The Labute approximate surface area is 64.0 Å². The third kappa shape index (κ3) is 4.47. The number of rotatable bonds is 2. The third-order valence-electron chi connectivity index (χ3n) is 0.603. The number of carbonyl (C=O) groups excluding carboxylic acids is 1. The smallest absolute Gasteiger partial charge is 0.383 e. The summed E-state index contributed by atoms with van der Waals surface area (Å²) in [5.74, 6) is -7.00. The Morgan fingerprint density at radius 2 is 1.75 bits per heavy atom. The molecule has 1 amide bonds. The van der Waals surface area contributed by atoms with Gasteiger partial charge in [0, 0.05) is 0 Å². The highest BCUT2D eigenvalue weighted by atomic mass is 19.3. The molecule has 0 rings (SSSR count). The maximum absolute atomic E-state index is 11.4. The lowest BCUT2D eigenvalue weighted by Gasteiger charge is -2.08. The van der Waals surface area contributed by atoms with Crippen molar-refractivity contribution < 1.29 is 32.3 Å². The molecule has 0 atom stereocenters. The van der Waals surface area contributed by atoms with Crippen LogP contribution < -0.4 is 5.73 Å². The van der Waals surface area contributed by atoms with Gasteiger partial charge in [-0.15, -0.1) is 0 Å². The number of amides is 1. The van der Waals surface area contributed by atoms with Crippen LogP contribution in [0.5, 0.6) is 0 Å². The van der Waals surface area contributed by atoms with E-state index in [4.69, 9.17) is 9.90 Å². The molecule has 0 saturated heterocycles. The van der Waals surface area contributed by atoms with E-state index in [1.807, 2.05) is 0 Å². The zero-order valence-electron chi connectivity index (χ0n) is 5.51. The standard InChI is InChI=1S/C3H3F4NO.CH2O2/c4-1(5)3(6,7)2(8)9;2-1-3/h1H,(H2,8,9);1H,(H,2,3). The van der Waals surface area contributed by atoms with Gasteiger partial charge >= 0.3 is 12.3 Å². The highest BCUT2D eigenvalue weighted by Crippen LogP contribution is 2.21. The van der Waals surface area contributed by atoms with Crippen LogP contribution in [0.15, 0.2) is 0 Å². The Morgan fingerprint density at radius 3 is 1.75 bits per heavy atom. The van der Waals surface area contributed by atoms with E-state index >= 15 is 0 Å². The fourth-order valence-electron chi connectivity index (χ4n) is 0.108. The second-order valence-electron chi connectivity index (χ2n) is 1.39. The first-order chi connectivity index (χ1) is 5.30. The predicted molar refractivity (Wildman–Crippen MR) is 28.8 cm³/mol. The Morgan fingerprint density at radius 1 is 1.50 bits per heavy atom. The monoisotopic (exact) mass is 191 g/mol. The van der Waals surface area contributed by atoms with Gasteiger partial charge in [-0.05, 0) is 0 Å². The summed E-state index contributed by atoms with van der Waals surface area (Å²) in [6.07, 6.45) is -4.02. The van der Waals surface area contributed by atoms with Crippen molar-refractivity contribution in [3.05, 3.63) is 0 Å². The van der Waals surface area contributed by atoms with Crippen molar-refractivity contribution in [2.75, 3.05) is 0 Å². The average Bonchev–Trinajstić information content (AvgIpc) is 1.88. The van der Waals surface area contributed by atoms with Crippen LogP contribution >= 0.6 is 0 Å². The zero-order valence-corrected chi connectivity index (χ0v) is 5.51. The van der Waals surface area contributed by atoms with Crippen molar-refractivity contribution >= 4 is 12.4 Å². The molecule has 72 valence electrons. The summed E-state index contributed by atoms with van der Waals surface area (Å²) >= 11 is 0. The summed E-state index contributed by atoms with van der Waals surface area (Å²) in [5.41, 5.74) is 3.90. The number of primary amides is 1. The van der Waals surface area contributed by atoms with Crippen LogP contribution in [0.25, 0.3) is 0 Å². The molecule has 0 unspecified atom stereocenters. The minimum atomic E-state index is -4.69. The quantitative estimate of drug-likeness (QED) is 0.478. The lowest BCUT2D eigenvalue weighted by molar-refractivity contribution is -0.165. The molecule has 0 aliphatic rings. The van der Waals surface area contributed by atoms with Crippen molar-refractivity contribution in [2.45, 2.75) is 12.3 Å². The lowest BCUT2D eigenvalue weighted by Crippen LogP contribution is -2.41. The average molecular weight is 191 g/mol. The second kappa shape index (κ2) is 5.33. The number of nitrogens with two attached hydrogens (primary N) is 1. The summed E-state index contributed by atoms with van der Waals surface area (Å²) in [6, 6.07) is 0. The van der Waals surface area contributed by atoms with E-state index in [1.54, 1.807) is 0 Å². The number of carbonyl (C=O) groups is 2. The molecule has 0 radical (unpaired) electrons. The minimum absolute atomic E-state index is 0.250. The topological polar surface area (TPSA) is 80.4 Å². The molecular formula is C4H5F4NO3. The molecule has 3 N–H and O–H groups in total. The number of carboxylic acid groups (broad SMARTS) is 1. The Hall–Kier alpha value is -1.34. The fraction of sp³-hybridized carbons (Fsp3) is 0.500. The van der Waals surface area contributed by atoms with Gasteiger partial charge in [-0.3, -0.25) is 9.59 Å². The maximum Gasteiger partial charge on any atom is 0.383 e. The maximum atomic E-state index is 11.4. The van der Waals surface area contributed by atoms with Crippen LogP contribution in [0.4, 0.5) is 17.6 Å². The normalized spacial score (nSPS) is 10.1. The van der Waals surface area contributed by atoms with Gasteiger partial charge in [0.15, 0.2) is 0 Å². The van der Waals surface area contributed by atoms with Crippen molar-refractivity contribution in [2.24, 2.45) is 5.73 Å². The molecule has 0 aromatic carbocycles. The van der Waals surface area contributed by atoms with Crippen molar-refractivity contribution in [3.8, 4) is 0 Å². The molecule has 0 spiro atoms. The molecule has 0 aliphatic carbocycles. The van der Waals surface area contributed by atoms with Crippen LogP contribution in [-0.4, -0.2) is 29.8 Å². The fourth-order valence-corrected chi connectivity index (χ4v) is 0.108. The SMILES string of the molecule is NC(=O)C(F)(F)C(F)F.O=CO. The molecule has 0 aromatic rings. The van der Waals surface area contributed by atoms with Crippen LogP contribution in [0, 0.1) is 0 Å². The number of alkyl halides is 4. The Kier molecular flexibility index (Phi) is 5.89. The summed E-state index contributed by atoms with van der Waals surface area (Å²) in [7, 11) is 0. The zero-order chi connectivity index (χ0) is 10.4. The second-order valence-corrected chi connectivity index (χ2v) is 1.39. The Balaban J connectivity index is 0. The van der Waals surface area contributed by atoms with Gasteiger partial charge < -0.3 is 10.8 Å². The van der Waals surface area contributed by atoms with Gasteiger partial charge in [0.05, 0.1) is 0 Å². The number of hydrogen-bond acceptors (Lipinski definition) is 2. The van der Waals surface area contributed by atoms with Gasteiger partial charge in [-0.1, -0.05) is 0 Å². The van der Waals surface area contributed by atoms with Crippen molar-refractivity contribution in [1.29, 1.82) is 0 Å². The molecule has 0 fully saturated rings. The van der Waals surface area contributed by atoms with Crippen molar-refractivity contribution in [1.82, 2.24) is 0 Å². The van der Waals surface area contributed by atoms with Crippen LogP contribution in [0.3, 0.4) is 0 Å². The van der Waals surface area contributed by atoms with Gasteiger partial charge in [-0.2, -0.15) is 8.78 Å². The predicted octanol–water partition coefficient (Wildman–Crippen LogP) is 0.0729. The van der Waals surface area contributed by atoms with Crippen molar-refractivity contribution in [3.63, 3.8) is 0 Å². The van der Waals surface area contributed by atoms with Gasteiger partial charge in [-0.25, -0.2) is 8.78 Å². The molecule has 0 saturated carbocycles. The van der Waals surface area contributed by atoms with E-state index in [-0.39, 0.29) is 6.47 Å². The molecule has 0 heterocycles. The van der Waals surface area contributed by atoms with Crippen LogP contribution in [0.2, 0.25) is 0 Å². The highest BCUT2D eigenvalue weighted by Gasteiger charge is 2.47. The third-order valence-corrected chi connectivity index (χ3v) is 0.603. The van der Waals surface area contributed by atoms with Crippen LogP contribution in [0.1, 0.15) is 0 Å². The van der Waals surface area contributed by atoms with Gasteiger partial charge in [0.25, 0.3) is 12.4 Å². The molecule has 0 bridgehead atoms. The summed E-state index contributed by atoms with van der Waals surface area (Å²) in [6.45, 7) is -0.250. The summed E-state index contributed by atoms with van der Waals surface area (Å²) in [4.78, 5) is 17.8. The molecule has 0 aromatic heterocycles. The molecular weight excluding hydrogens is 186 g/mol. The van der Waals surface area contributed by atoms with E-state index in [0.29, 0.717) is 0 Å². The molecule has 0 aliphatic heterocycles. The largest absolute Gasteiger partial charge is 0.483 e. The Bertz CT molecular complexity index is 160. The number of halogens is 4. The van der Waals surface area contributed by atoms with E-state index < -0.39 is 18.3 Å². The first kappa shape index (κ1) is 13.3. The van der Waals surface area contributed by atoms with E-state index in [9.17, 15) is 22.4 Å². The first-order valence-corrected chi connectivity index (χ1v) is 2.34. The minimum Gasteiger partial charge on any atom is -0.483 e. The van der Waals surface area contributed by atoms with E-state index in [2.05, 4.69) is 5.73 Å². The van der Waals surface area contributed by atoms with Gasteiger partial charge in [0.2, 0.25) is 0 Å². The summed E-state index contributed by atoms with van der Waals surface area (Å²) in [5, 5.41) is 6.89. The molecule has 4 nitrogen and oxygen atoms in total. The molecule has 8 heteroatoms. The number of hydrogen-bond donors (Lipinski definition) is 2. The molecule has 12 heavy (non-hydrogen) atoms. The van der Waals surface area contributed by atoms with Gasteiger partial charge in [0.1, 0.15) is 0 Å². The first-order valence-electron chi connectivity index (χ1n) is 2.34. The summed E-state index contributed by atoms with van der Waals surface area (Å²) < 4.78 is 44.9. The highest BCUT2D eigenvalue weighted by molar-refractivity contribution is 5.81. The van der Waals surface area contributed by atoms with E-state index in [1.165, 1.54) is 0 Å². The van der Waals surface area contributed by atoms with E-state index in [0.717, 1.165) is 0 Å². The lowest BCUT2D eigenvalue weighted by atomic mass is 10.3. The van der Waals surface area contributed by atoms with Crippen LogP contribution in [-0.2, 0) is 9.59 Å².